The topological polar surface area (TPSA) is 55.2 Å². The second kappa shape index (κ2) is 5.14. The molecule has 17 heavy (non-hydrogen) atoms. The van der Waals surface area contributed by atoms with E-state index in [1.54, 1.807) is 6.07 Å². The summed E-state index contributed by atoms with van der Waals surface area (Å²) in [6.45, 7) is 4.07. The average Bonchev–Trinajstić information content (AvgIpc) is 2.88. The summed E-state index contributed by atoms with van der Waals surface area (Å²) in [5.41, 5.74) is 1.45. The minimum absolute atomic E-state index is 0.230. The molecule has 1 fully saturated rings. The molecule has 0 radical (unpaired) electrons. The smallest absolute Gasteiger partial charge is 0.312 e. The first-order valence-electron chi connectivity index (χ1n) is 6.02. The van der Waals surface area contributed by atoms with Crippen LogP contribution in [0.15, 0.2) is 11.4 Å². The molecule has 0 amide bonds. The monoisotopic (exact) mass is 254 g/mol. The van der Waals surface area contributed by atoms with E-state index < -0.39 is 0 Å². The zero-order chi connectivity index (χ0) is 12.3. The number of nitrogens with zero attached hydrogens (tertiary/aromatic N) is 1. The molecule has 1 aliphatic carbocycles. The van der Waals surface area contributed by atoms with Crippen LogP contribution in [0.2, 0.25) is 0 Å². The Bertz CT molecular complexity index is 397. The van der Waals surface area contributed by atoms with Gasteiger partial charge >= 0.3 is 5.00 Å². The Kier molecular flexibility index (Phi) is 3.79. The minimum Gasteiger partial charge on any atom is -0.312 e. The van der Waals surface area contributed by atoms with Gasteiger partial charge in [0.1, 0.15) is 0 Å². The van der Waals surface area contributed by atoms with Gasteiger partial charge in [0.05, 0.1) is 4.92 Å². The van der Waals surface area contributed by atoms with Gasteiger partial charge < -0.3 is 5.32 Å². The summed E-state index contributed by atoms with van der Waals surface area (Å²) < 4.78 is 0. The average molecular weight is 254 g/mol. The Balaban J connectivity index is 1.79. The van der Waals surface area contributed by atoms with Crippen LogP contribution in [0, 0.1) is 15.5 Å². The van der Waals surface area contributed by atoms with Crippen molar-refractivity contribution in [3.05, 3.63) is 27.1 Å². The van der Waals surface area contributed by atoms with Gasteiger partial charge in [0.25, 0.3) is 0 Å². The first-order chi connectivity index (χ1) is 8.09. The SMILES string of the molecule is CC1(CNCc2csc([N+](=O)[O-])c2)CCCC1. The fourth-order valence-electron chi connectivity index (χ4n) is 2.47. The number of thiophene rings is 1. The van der Waals surface area contributed by atoms with Gasteiger partial charge in [-0.3, -0.25) is 10.1 Å². The molecule has 0 atom stereocenters. The Morgan fingerprint density at radius 3 is 2.82 bits per heavy atom. The first kappa shape index (κ1) is 12.5. The third kappa shape index (κ3) is 3.26. The molecule has 1 saturated carbocycles. The lowest BCUT2D eigenvalue weighted by molar-refractivity contribution is -0.380. The lowest BCUT2D eigenvalue weighted by Crippen LogP contribution is -2.28. The van der Waals surface area contributed by atoms with Crippen molar-refractivity contribution >= 4 is 16.3 Å². The highest BCUT2D eigenvalue weighted by Crippen LogP contribution is 2.36. The van der Waals surface area contributed by atoms with E-state index in [0.717, 1.165) is 18.7 Å². The van der Waals surface area contributed by atoms with E-state index in [-0.39, 0.29) is 9.92 Å². The Morgan fingerprint density at radius 2 is 2.24 bits per heavy atom. The first-order valence-corrected chi connectivity index (χ1v) is 6.90. The van der Waals surface area contributed by atoms with Crippen molar-refractivity contribution in [3.63, 3.8) is 0 Å². The standard InChI is InChI=1S/C12H18N2O2S/c1-12(4-2-3-5-12)9-13-7-10-6-11(14(15)16)17-8-10/h6,8,13H,2-5,7,9H2,1H3. The minimum atomic E-state index is -0.327. The predicted octanol–water partition coefficient (Wildman–Crippen LogP) is 3.33. The lowest BCUT2D eigenvalue weighted by atomic mass is 9.89. The molecule has 0 spiro atoms. The molecule has 2 rings (SSSR count). The molecule has 1 aromatic rings. The maximum absolute atomic E-state index is 10.5. The lowest BCUT2D eigenvalue weighted by Gasteiger charge is -2.23. The number of rotatable bonds is 5. The number of hydrogen-bond acceptors (Lipinski definition) is 4. The summed E-state index contributed by atoms with van der Waals surface area (Å²) >= 11 is 1.20. The van der Waals surface area contributed by atoms with Gasteiger partial charge in [0.15, 0.2) is 0 Å². The molecule has 5 heteroatoms. The third-order valence-corrected chi connectivity index (χ3v) is 4.44. The summed E-state index contributed by atoms with van der Waals surface area (Å²) in [5.74, 6) is 0. The molecule has 0 aromatic carbocycles. The van der Waals surface area contributed by atoms with E-state index in [4.69, 9.17) is 0 Å². The van der Waals surface area contributed by atoms with Crippen LogP contribution in [0.1, 0.15) is 38.2 Å². The van der Waals surface area contributed by atoms with Crippen molar-refractivity contribution in [2.45, 2.75) is 39.2 Å². The molecule has 1 N–H and O–H groups in total. The highest BCUT2D eigenvalue weighted by molar-refractivity contribution is 7.13. The number of nitro groups is 1. The number of hydrogen-bond donors (Lipinski definition) is 1. The van der Waals surface area contributed by atoms with Gasteiger partial charge in [-0.25, -0.2) is 0 Å². The van der Waals surface area contributed by atoms with Gasteiger partial charge in [0.2, 0.25) is 0 Å². The van der Waals surface area contributed by atoms with Gasteiger partial charge in [-0.2, -0.15) is 0 Å². The maximum atomic E-state index is 10.5. The Morgan fingerprint density at radius 1 is 1.53 bits per heavy atom. The normalized spacial score (nSPS) is 18.4. The van der Waals surface area contributed by atoms with Crippen LogP contribution < -0.4 is 5.32 Å². The molecule has 0 unspecified atom stereocenters. The molecule has 1 aliphatic rings. The number of nitrogens with one attached hydrogen (secondary N) is 1. The van der Waals surface area contributed by atoms with E-state index in [2.05, 4.69) is 12.2 Å². The zero-order valence-corrected chi connectivity index (χ0v) is 10.9. The van der Waals surface area contributed by atoms with Crippen LogP contribution >= 0.6 is 11.3 Å². The third-order valence-electron chi connectivity index (χ3n) is 3.51. The van der Waals surface area contributed by atoms with Gasteiger partial charge in [-0.15, -0.1) is 0 Å². The van der Waals surface area contributed by atoms with E-state index in [1.165, 1.54) is 37.0 Å². The van der Waals surface area contributed by atoms with Crippen molar-refractivity contribution in [2.24, 2.45) is 5.41 Å². The molecular formula is C12H18N2O2S. The predicted molar refractivity (Wildman–Crippen MR) is 69.3 cm³/mol. The summed E-state index contributed by atoms with van der Waals surface area (Å²) in [4.78, 5) is 10.2. The molecule has 94 valence electrons. The van der Waals surface area contributed by atoms with E-state index in [1.807, 2.05) is 5.38 Å². The molecule has 4 nitrogen and oxygen atoms in total. The highest BCUT2D eigenvalue weighted by Gasteiger charge is 2.27. The molecule has 0 saturated heterocycles. The molecule has 0 bridgehead atoms. The Labute approximate surface area is 105 Å². The van der Waals surface area contributed by atoms with Crippen molar-refractivity contribution < 1.29 is 4.92 Å². The molecule has 1 heterocycles. The van der Waals surface area contributed by atoms with Crippen molar-refractivity contribution in [2.75, 3.05) is 6.54 Å². The summed E-state index contributed by atoms with van der Waals surface area (Å²) in [7, 11) is 0. The Hall–Kier alpha value is -0.940. The largest absolute Gasteiger partial charge is 0.324 e. The van der Waals surface area contributed by atoms with E-state index in [0.29, 0.717) is 5.41 Å². The van der Waals surface area contributed by atoms with Gasteiger partial charge in [0, 0.05) is 24.5 Å². The van der Waals surface area contributed by atoms with E-state index in [9.17, 15) is 10.1 Å². The highest BCUT2D eigenvalue weighted by atomic mass is 32.1. The second-order valence-electron chi connectivity index (χ2n) is 5.17. The van der Waals surface area contributed by atoms with Crippen LogP contribution in [0.3, 0.4) is 0 Å². The van der Waals surface area contributed by atoms with Crippen molar-refractivity contribution in [1.29, 1.82) is 0 Å². The van der Waals surface area contributed by atoms with Crippen molar-refractivity contribution in [1.82, 2.24) is 5.32 Å². The quantitative estimate of drug-likeness (QED) is 0.647. The van der Waals surface area contributed by atoms with Crippen LogP contribution in [0.5, 0.6) is 0 Å². The van der Waals surface area contributed by atoms with Gasteiger partial charge in [-0.05, 0) is 23.8 Å². The van der Waals surface area contributed by atoms with Crippen LogP contribution in [0.25, 0.3) is 0 Å². The second-order valence-corrected chi connectivity index (χ2v) is 6.06. The van der Waals surface area contributed by atoms with Gasteiger partial charge in [-0.1, -0.05) is 31.1 Å². The van der Waals surface area contributed by atoms with Crippen LogP contribution in [-0.4, -0.2) is 11.5 Å². The summed E-state index contributed by atoms with van der Waals surface area (Å²) in [5, 5.41) is 16.1. The van der Waals surface area contributed by atoms with E-state index >= 15 is 0 Å². The zero-order valence-electron chi connectivity index (χ0n) is 10.1. The maximum Gasteiger partial charge on any atom is 0.324 e. The summed E-state index contributed by atoms with van der Waals surface area (Å²) in [6, 6.07) is 1.66. The fourth-order valence-corrected chi connectivity index (χ4v) is 3.19. The summed E-state index contributed by atoms with van der Waals surface area (Å²) in [6.07, 6.45) is 5.26. The van der Waals surface area contributed by atoms with Crippen molar-refractivity contribution in [3.8, 4) is 0 Å². The molecule has 0 aliphatic heterocycles. The fraction of sp³-hybridized carbons (Fsp3) is 0.667. The van der Waals surface area contributed by atoms with Crippen LogP contribution in [0.4, 0.5) is 5.00 Å². The van der Waals surface area contributed by atoms with Crippen LogP contribution in [-0.2, 0) is 6.54 Å². The molecule has 1 aromatic heterocycles. The molecular weight excluding hydrogens is 236 g/mol.